The van der Waals surface area contributed by atoms with E-state index in [0.717, 1.165) is 17.7 Å². The molecular weight excluding hydrogens is 238 g/mol. The zero-order chi connectivity index (χ0) is 12.3. The fourth-order valence-electron chi connectivity index (χ4n) is 2.09. The van der Waals surface area contributed by atoms with Crippen molar-refractivity contribution in [3.8, 4) is 0 Å². The molecule has 0 amide bonds. The molecular formula is C12H17NO3S. The van der Waals surface area contributed by atoms with Gasteiger partial charge in [-0.2, -0.15) is 0 Å². The number of hydrogen-bond acceptors (Lipinski definition) is 4. The molecule has 1 atom stereocenters. The molecule has 1 saturated carbocycles. The van der Waals surface area contributed by atoms with Gasteiger partial charge in [-0.15, -0.1) is 11.3 Å². The Kier molecular flexibility index (Phi) is 3.81. The first-order valence-electron chi connectivity index (χ1n) is 5.69. The number of ether oxygens (including phenoxy) is 1. The smallest absolute Gasteiger partial charge is 0.326 e. The third kappa shape index (κ3) is 2.68. The fraction of sp³-hybridized carbons (Fsp3) is 0.583. The second-order valence-electron chi connectivity index (χ2n) is 4.42. The van der Waals surface area contributed by atoms with Crippen LogP contribution in [0.1, 0.15) is 17.7 Å². The molecule has 1 aromatic rings. The molecule has 0 spiro atoms. The molecule has 2 rings (SSSR count). The summed E-state index contributed by atoms with van der Waals surface area (Å²) < 4.78 is 5.10. The lowest BCUT2D eigenvalue weighted by molar-refractivity contribution is -0.148. The number of aliphatic carboxylic acids is 1. The van der Waals surface area contributed by atoms with Gasteiger partial charge in [-0.3, -0.25) is 10.1 Å². The van der Waals surface area contributed by atoms with Crippen LogP contribution in [0, 0.1) is 5.92 Å². The van der Waals surface area contributed by atoms with Crippen molar-refractivity contribution in [3.63, 3.8) is 0 Å². The second kappa shape index (κ2) is 5.16. The average molecular weight is 255 g/mol. The molecule has 5 heteroatoms. The summed E-state index contributed by atoms with van der Waals surface area (Å²) in [6, 6.07) is 3.97. The molecule has 0 bridgehead atoms. The molecule has 1 unspecified atom stereocenters. The van der Waals surface area contributed by atoms with E-state index in [1.54, 1.807) is 18.4 Å². The topological polar surface area (TPSA) is 58.6 Å². The maximum absolute atomic E-state index is 11.5. The Labute approximate surface area is 105 Å². The summed E-state index contributed by atoms with van der Waals surface area (Å²) in [6.45, 7) is 0.808. The number of nitrogens with one attached hydrogen (secondary N) is 1. The van der Waals surface area contributed by atoms with E-state index >= 15 is 0 Å². The molecule has 0 saturated heterocycles. The number of rotatable bonds is 7. The van der Waals surface area contributed by atoms with Crippen LogP contribution in [0.25, 0.3) is 0 Å². The number of methoxy groups -OCH3 is 1. The van der Waals surface area contributed by atoms with Crippen LogP contribution in [0.5, 0.6) is 0 Å². The molecule has 1 aromatic heterocycles. The van der Waals surface area contributed by atoms with Gasteiger partial charge in [0.05, 0.1) is 6.61 Å². The molecule has 1 aliphatic carbocycles. The van der Waals surface area contributed by atoms with Crippen molar-refractivity contribution in [1.29, 1.82) is 0 Å². The maximum atomic E-state index is 11.5. The number of carboxylic acids is 1. The van der Waals surface area contributed by atoms with Crippen molar-refractivity contribution in [2.75, 3.05) is 13.7 Å². The summed E-state index contributed by atoms with van der Waals surface area (Å²) in [4.78, 5) is 12.7. The first-order chi connectivity index (χ1) is 8.19. The Morgan fingerprint density at radius 1 is 1.71 bits per heavy atom. The van der Waals surface area contributed by atoms with Gasteiger partial charge < -0.3 is 9.84 Å². The predicted octanol–water partition coefficient (Wildman–Crippen LogP) is 1.72. The Balaban J connectivity index is 2.06. The molecule has 1 fully saturated rings. The number of hydrogen-bond donors (Lipinski definition) is 2. The van der Waals surface area contributed by atoms with E-state index in [1.807, 2.05) is 17.5 Å². The lowest BCUT2D eigenvalue weighted by Crippen LogP contribution is -2.57. The molecule has 0 aromatic carbocycles. The van der Waals surface area contributed by atoms with Gasteiger partial charge in [-0.1, -0.05) is 6.07 Å². The molecule has 17 heavy (non-hydrogen) atoms. The fourth-order valence-corrected chi connectivity index (χ4v) is 2.73. The van der Waals surface area contributed by atoms with Crippen LogP contribution >= 0.6 is 11.3 Å². The van der Waals surface area contributed by atoms with Crippen LogP contribution in [0.15, 0.2) is 17.5 Å². The van der Waals surface area contributed by atoms with Gasteiger partial charge >= 0.3 is 5.97 Å². The van der Waals surface area contributed by atoms with E-state index in [4.69, 9.17) is 4.74 Å². The van der Waals surface area contributed by atoms with Crippen LogP contribution in [-0.2, 0) is 16.1 Å². The monoisotopic (exact) mass is 255 g/mol. The Bertz CT molecular complexity index is 375. The van der Waals surface area contributed by atoms with Gasteiger partial charge in [0.2, 0.25) is 0 Å². The van der Waals surface area contributed by atoms with Gasteiger partial charge in [0.15, 0.2) is 0 Å². The molecule has 1 heterocycles. The zero-order valence-corrected chi connectivity index (χ0v) is 10.6. The summed E-state index contributed by atoms with van der Waals surface area (Å²) in [6.07, 6.45) is 1.93. The number of thiophene rings is 1. The summed E-state index contributed by atoms with van der Waals surface area (Å²) in [5, 5.41) is 14.6. The van der Waals surface area contributed by atoms with E-state index in [2.05, 4.69) is 5.32 Å². The Morgan fingerprint density at radius 3 is 2.94 bits per heavy atom. The highest BCUT2D eigenvalue weighted by Gasteiger charge is 2.51. The van der Waals surface area contributed by atoms with Crippen LogP contribution in [0.3, 0.4) is 0 Å². The molecule has 1 aliphatic rings. The minimum atomic E-state index is -0.918. The van der Waals surface area contributed by atoms with Gasteiger partial charge in [0.25, 0.3) is 0 Å². The summed E-state index contributed by atoms with van der Waals surface area (Å²) >= 11 is 1.63. The average Bonchev–Trinajstić information content (AvgIpc) is 3.02. The van der Waals surface area contributed by atoms with Crippen molar-refractivity contribution in [2.24, 2.45) is 5.92 Å². The highest BCUT2D eigenvalue weighted by Crippen LogP contribution is 2.40. The predicted molar refractivity (Wildman–Crippen MR) is 66.1 cm³/mol. The summed E-state index contributed by atoms with van der Waals surface area (Å²) in [5.74, 6) is -0.613. The van der Waals surface area contributed by atoms with Crippen molar-refractivity contribution < 1.29 is 14.6 Å². The standard InChI is InChI=1S/C12H17NO3S/c1-16-8-12(11(14)15,9-4-5-9)13-7-10-3-2-6-17-10/h2-3,6,9,13H,4-5,7-8H2,1H3,(H,14,15). The molecule has 0 radical (unpaired) electrons. The van der Waals surface area contributed by atoms with E-state index in [-0.39, 0.29) is 12.5 Å². The van der Waals surface area contributed by atoms with Gasteiger partial charge in [-0.25, -0.2) is 0 Å². The quantitative estimate of drug-likeness (QED) is 0.779. The number of carboxylic acid groups (broad SMARTS) is 1. The van der Waals surface area contributed by atoms with Crippen LogP contribution < -0.4 is 5.32 Å². The second-order valence-corrected chi connectivity index (χ2v) is 5.45. The van der Waals surface area contributed by atoms with Crippen LogP contribution in [0.2, 0.25) is 0 Å². The molecule has 4 nitrogen and oxygen atoms in total. The van der Waals surface area contributed by atoms with E-state index in [0.29, 0.717) is 6.54 Å². The zero-order valence-electron chi connectivity index (χ0n) is 9.81. The highest BCUT2D eigenvalue weighted by molar-refractivity contribution is 7.09. The van der Waals surface area contributed by atoms with Crippen LogP contribution in [0.4, 0.5) is 0 Å². The SMILES string of the molecule is COCC(NCc1cccs1)(C(=O)O)C1CC1. The lowest BCUT2D eigenvalue weighted by atomic mass is 9.94. The Morgan fingerprint density at radius 2 is 2.47 bits per heavy atom. The maximum Gasteiger partial charge on any atom is 0.326 e. The molecule has 94 valence electrons. The largest absolute Gasteiger partial charge is 0.480 e. The summed E-state index contributed by atoms with van der Waals surface area (Å²) in [5.41, 5.74) is -0.918. The van der Waals surface area contributed by atoms with Crippen molar-refractivity contribution in [3.05, 3.63) is 22.4 Å². The van der Waals surface area contributed by atoms with E-state index in [1.165, 1.54) is 0 Å². The number of carbonyl (C=O) groups is 1. The highest BCUT2D eigenvalue weighted by atomic mass is 32.1. The normalized spacial score (nSPS) is 18.9. The molecule has 2 N–H and O–H groups in total. The molecule has 0 aliphatic heterocycles. The van der Waals surface area contributed by atoms with Crippen molar-refractivity contribution >= 4 is 17.3 Å². The van der Waals surface area contributed by atoms with E-state index in [9.17, 15) is 9.90 Å². The van der Waals surface area contributed by atoms with E-state index < -0.39 is 11.5 Å². The van der Waals surface area contributed by atoms with Crippen molar-refractivity contribution in [2.45, 2.75) is 24.9 Å². The first-order valence-corrected chi connectivity index (χ1v) is 6.57. The van der Waals surface area contributed by atoms with Crippen LogP contribution in [-0.4, -0.2) is 30.3 Å². The Hall–Kier alpha value is -0.910. The van der Waals surface area contributed by atoms with Gasteiger partial charge in [0.1, 0.15) is 5.54 Å². The third-order valence-corrected chi connectivity index (χ3v) is 4.06. The van der Waals surface area contributed by atoms with Crippen molar-refractivity contribution in [1.82, 2.24) is 5.32 Å². The summed E-state index contributed by atoms with van der Waals surface area (Å²) in [7, 11) is 1.55. The van der Waals surface area contributed by atoms with Gasteiger partial charge in [-0.05, 0) is 30.2 Å². The first kappa shape index (κ1) is 12.5. The minimum absolute atomic E-state index is 0.194. The van der Waals surface area contributed by atoms with Gasteiger partial charge in [0, 0.05) is 18.5 Å². The minimum Gasteiger partial charge on any atom is -0.480 e. The third-order valence-electron chi connectivity index (χ3n) is 3.19. The lowest BCUT2D eigenvalue weighted by Gasteiger charge is -2.29.